The second-order valence-electron chi connectivity index (χ2n) is 4.94. The summed E-state index contributed by atoms with van der Waals surface area (Å²) in [5, 5.41) is 3.49. The molecule has 1 amide bonds. The molecule has 0 bridgehead atoms. The van der Waals surface area contributed by atoms with E-state index < -0.39 is 0 Å². The van der Waals surface area contributed by atoms with Crippen LogP contribution in [0.4, 0.5) is 4.79 Å². The smallest absolute Gasteiger partial charge is 0.409 e. The van der Waals surface area contributed by atoms with Gasteiger partial charge in [-0.1, -0.05) is 0 Å². The van der Waals surface area contributed by atoms with Crippen LogP contribution >= 0.6 is 0 Å². The Morgan fingerprint density at radius 1 is 1.50 bits per heavy atom. The lowest BCUT2D eigenvalue weighted by Crippen LogP contribution is -2.45. The molecule has 1 fully saturated rings. The highest BCUT2D eigenvalue weighted by Crippen LogP contribution is 2.12. The zero-order valence-electron chi connectivity index (χ0n) is 12.1. The molecule has 0 saturated carbocycles. The van der Waals surface area contributed by atoms with Crippen LogP contribution in [0.3, 0.4) is 0 Å². The van der Waals surface area contributed by atoms with Crippen molar-refractivity contribution in [1.82, 2.24) is 20.2 Å². The molecule has 0 aliphatic carbocycles. The van der Waals surface area contributed by atoms with Gasteiger partial charge in [0.1, 0.15) is 5.82 Å². The number of piperidine rings is 1. The van der Waals surface area contributed by atoms with Crippen LogP contribution in [0.1, 0.15) is 31.3 Å². The fourth-order valence-corrected chi connectivity index (χ4v) is 2.33. The highest BCUT2D eigenvalue weighted by Gasteiger charge is 2.23. The van der Waals surface area contributed by atoms with Gasteiger partial charge < -0.3 is 15.0 Å². The Labute approximate surface area is 119 Å². The van der Waals surface area contributed by atoms with E-state index in [-0.39, 0.29) is 6.09 Å². The predicted octanol–water partition coefficient (Wildman–Crippen LogP) is 1.50. The third kappa shape index (κ3) is 4.16. The van der Waals surface area contributed by atoms with Crippen LogP contribution in [-0.4, -0.2) is 46.7 Å². The van der Waals surface area contributed by atoms with Crippen molar-refractivity contribution in [3.63, 3.8) is 0 Å². The molecule has 110 valence electrons. The Kier molecular flexibility index (Phi) is 5.29. The minimum Gasteiger partial charge on any atom is -0.450 e. The van der Waals surface area contributed by atoms with Crippen LogP contribution < -0.4 is 5.32 Å². The van der Waals surface area contributed by atoms with Crippen LogP contribution in [0, 0.1) is 6.92 Å². The molecule has 2 heterocycles. The number of likely N-dealkylation sites (tertiary alicyclic amines) is 1. The highest BCUT2D eigenvalue weighted by molar-refractivity contribution is 5.67. The van der Waals surface area contributed by atoms with Crippen molar-refractivity contribution in [1.29, 1.82) is 0 Å². The average Bonchev–Trinajstić information content (AvgIpc) is 2.46. The summed E-state index contributed by atoms with van der Waals surface area (Å²) in [5.41, 5.74) is 1.00. The Hall–Kier alpha value is -1.69. The van der Waals surface area contributed by atoms with Crippen molar-refractivity contribution in [3.8, 4) is 0 Å². The monoisotopic (exact) mass is 278 g/mol. The number of amides is 1. The van der Waals surface area contributed by atoms with E-state index in [4.69, 9.17) is 4.74 Å². The van der Waals surface area contributed by atoms with Crippen molar-refractivity contribution in [2.24, 2.45) is 0 Å². The van der Waals surface area contributed by atoms with Gasteiger partial charge in [0.25, 0.3) is 0 Å². The summed E-state index contributed by atoms with van der Waals surface area (Å²) in [7, 11) is 0. The van der Waals surface area contributed by atoms with Gasteiger partial charge in [-0.3, -0.25) is 0 Å². The lowest BCUT2D eigenvalue weighted by atomic mass is 10.1. The van der Waals surface area contributed by atoms with Crippen molar-refractivity contribution >= 4 is 6.09 Å². The Balaban J connectivity index is 1.73. The van der Waals surface area contributed by atoms with E-state index >= 15 is 0 Å². The molecule has 2 rings (SSSR count). The maximum Gasteiger partial charge on any atom is 0.409 e. The number of hydrogen-bond donors (Lipinski definition) is 1. The molecular formula is C14H22N4O2. The van der Waals surface area contributed by atoms with Gasteiger partial charge in [0.15, 0.2) is 0 Å². The first-order valence-electron chi connectivity index (χ1n) is 7.12. The van der Waals surface area contributed by atoms with Crippen LogP contribution in [0.2, 0.25) is 0 Å². The first-order valence-corrected chi connectivity index (χ1v) is 7.12. The zero-order chi connectivity index (χ0) is 14.4. The van der Waals surface area contributed by atoms with Crippen LogP contribution in [0.25, 0.3) is 0 Å². The molecule has 0 radical (unpaired) electrons. The zero-order valence-corrected chi connectivity index (χ0v) is 12.1. The average molecular weight is 278 g/mol. The number of nitrogens with one attached hydrogen (secondary N) is 1. The number of nitrogens with zero attached hydrogens (tertiary/aromatic N) is 3. The SMILES string of the molecule is CCOC(=O)N1CCC(NCc2ccnc(C)n2)CC1. The van der Waals surface area contributed by atoms with Gasteiger partial charge in [-0.25, -0.2) is 14.8 Å². The van der Waals surface area contributed by atoms with Crippen molar-refractivity contribution in [2.45, 2.75) is 39.3 Å². The van der Waals surface area contributed by atoms with E-state index in [9.17, 15) is 4.79 Å². The molecule has 1 saturated heterocycles. The van der Waals surface area contributed by atoms with Crippen LogP contribution in [-0.2, 0) is 11.3 Å². The maximum atomic E-state index is 11.6. The Morgan fingerprint density at radius 3 is 2.90 bits per heavy atom. The second kappa shape index (κ2) is 7.19. The summed E-state index contributed by atoms with van der Waals surface area (Å²) in [4.78, 5) is 21.8. The van der Waals surface area contributed by atoms with Crippen LogP contribution in [0.15, 0.2) is 12.3 Å². The minimum atomic E-state index is -0.197. The molecule has 6 heteroatoms. The fraction of sp³-hybridized carbons (Fsp3) is 0.643. The van der Waals surface area contributed by atoms with E-state index in [1.165, 1.54) is 0 Å². The van der Waals surface area contributed by atoms with E-state index in [0.717, 1.165) is 44.0 Å². The second-order valence-corrected chi connectivity index (χ2v) is 4.94. The van der Waals surface area contributed by atoms with Crippen molar-refractivity contribution in [3.05, 3.63) is 23.8 Å². The predicted molar refractivity (Wildman–Crippen MR) is 75.2 cm³/mol. The van der Waals surface area contributed by atoms with E-state index in [0.29, 0.717) is 12.6 Å². The molecule has 6 nitrogen and oxygen atoms in total. The number of aromatic nitrogens is 2. The highest BCUT2D eigenvalue weighted by atomic mass is 16.6. The normalized spacial score (nSPS) is 16.2. The Bertz CT molecular complexity index is 445. The molecular weight excluding hydrogens is 256 g/mol. The van der Waals surface area contributed by atoms with Gasteiger partial charge in [0.05, 0.1) is 12.3 Å². The first-order chi connectivity index (χ1) is 9.69. The molecule has 0 spiro atoms. The summed E-state index contributed by atoms with van der Waals surface area (Å²) in [6.45, 7) is 6.40. The minimum absolute atomic E-state index is 0.197. The lowest BCUT2D eigenvalue weighted by Gasteiger charge is -2.31. The topological polar surface area (TPSA) is 67.3 Å². The van der Waals surface area contributed by atoms with Gasteiger partial charge in [-0.15, -0.1) is 0 Å². The summed E-state index contributed by atoms with van der Waals surface area (Å²) >= 11 is 0. The van der Waals surface area contributed by atoms with Gasteiger partial charge in [-0.2, -0.15) is 0 Å². The van der Waals surface area contributed by atoms with Crippen molar-refractivity contribution < 1.29 is 9.53 Å². The number of hydrogen-bond acceptors (Lipinski definition) is 5. The summed E-state index contributed by atoms with van der Waals surface area (Å²) in [5.74, 6) is 0.793. The summed E-state index contributed by atoms with van der Waals surface area (Å²) < 4.78 is 5.01. The number of carbonyl (C=O) groups excluding carboxylic acids is 1. The van der Waals surface area contributed by atoms with E-state index in [1.54, 1.807) is 11.1 Å². The molecule has 0 aromatic carbocycles. The summed E-state index contributed by atoms with van der Waals surface area (Å²) in [6.07, 6.45) is 3.48. The van der Waals surface area contributed by atoms with E-state index in [2.05, 4.69) is 15.3 Å². The standard InChI is InChI=1S/C14H22N4O2/c1-3-20-14(19)18-8-5-12(6-9-18)16-10-13-4-7-15-11(2)17-13/h4,7,12,16H,3,5-6,8-10H2,1-2H3. The number of rotatable bonds is 4. The maximum absolute atomic E-state index is 11.6. The van der Waals surface area contributed by atoms with Gasteiger partial charge >= 0.3 is 6.09 Å². The van der Waals surface area contributed by atoms with Gasteiger partial charge in [0, 0.05) is 31.9 Å². The van der Waals surface area contributed by atoms with E-state index in [1.807, 2.05) is 19.9 Å². The molecule has 1 aromatic heterocycles. The molecule has 1 aromatic rings. The molecule has 1 N–H and O–H groups in total. The number of ether oxygens (including phenoxy) is 1. The third-order valence-corrected chi connectivity index (χ3v) is 3.43. The van der Waals surface area contributed by atoms with Crippen molar-refractivity contribution in [2.75, 3.05) is 19.7 Å². The molecule has 1 aliphatic rings. The fourth-order valence-electron chi connectivity index (χ4n) is 2.33. The lowest BCUT2D eigenvalue weighted by molar-refractivity contribution is 0.0949. The quantitative estimate of drug-likeness (QED) is 0.904. The molecule has 0 atom stereocenters. The largest absolute Gasteiger partial charge is 0.450 e. The number of aryl methyl sites for hydroxylation is 1. The molecule has 20 heavy (non-hydrogen) atoms. The third-order valence-electron chi connectivity index (χ3n) is 3.43. The summed E-state index contributed by atoms with van der Waals surface area (Å²) in [6, 6.07) is 2.35. The Morgan fingerprint density at radius 2 is 2.25 bits per heavy atom. The van der Waals surface area contributed by atoms with Gasteiger partial charge in [0.2, 0.25) is 0 Å². The molecule has 1 aliphatic heterocycles. The number of carbonyl (C=O) groups is 1. The van der Waals surface area contributed by atoms with Gasteiger partial charge in [-0.05, 0) is 32.8 Å². The molecule has 0 unspecified atom stereocenters. The first kappa shape index (κ1) is 14.7. The van der Waals surface area contributed by atoms with Crippen LogP contribution in [0.5, 0.6) is 0 Å².